The first-order chi connectivity index (χ1) is 8.99. The Morgan fingerprint density at radius 3 is 2.84 bits per heavy atom. The molecule has 19 heavy (non-hydrogen) atoms. The number of aryl methyl sites for hydroxylation is 1. The van der Waals surface area contributed by atoms with Gasteiger partial charge in [0.1, 0.15) is 5.75 Å². The van der Waals surface area contributed by atoms with E-state index >= 15 is 0 Å². The number of nitrogens with two attached hydrogens (primary N) is 1. The average Bonchev–Trinajstić information content (AvgIpc) is 2.30. The number of nitrogens with zero attached hydrogens (tertiary/aromatic N) is 1. The van der Waals surface area contributed by atoms with Gasteiger partial charge in [0.05, 0.1) is 6.61 Å². The summed E-state index contributed by atoms with van der Waals surface area (Å²) >= 11 is 5.88. The zero-order chi connectivity index (χ0) is 14.3. The van der Waals surface area contributed by atoms with Crippen LogP contribution in [-0.2, 0) is 0 Å². The van der Waals surface area contributed by atoms with Crippen LogP contribution in [0.2, 0.25) is 5.02 Å². The van der Waals surface area contributed by atoms with Crippen molar-refractivity contribution in [2.24, 2.45) is 10.7 Å². The third-order valence-electron chi connectivity index (χ3n) is 2.42. The highest BCUT2D eigenvalue weighted by Crippen LogP contribution is 2.21. The fraction of sp³-hybridized carbons (Fsp3) is 0.500. The SMILES string of the molecule is Cc1cc(Cl)ccc1OCCCN=C(N)NC(C)C. The smallest absolute Gasteiger partial charge is 0.188 e. The van der Waals surface area contributed by atoms with Gasteiger partial charge in [-0.15, -0.1) is 0 Å². The fourth-order valence-electron chi connectivity index (χ4n) is 1.56. The molecule has 0 fully saturated rings. The number of benzene rings is 1. The fourth-order valence-corrected chi connectivity index (χ4v) is 1.79. The highest BCUT2D eigenvalue weighted by atomic mass is 35.5. The van der Waals surface area contributed by atoms with E-state index in [2.05, 4.69) is 10.3 Å². The normalized spacial score (nSPS) is 11.7. The molecular weight excluding hydrogens is 262 g/mol. The summed E-state index contributed by atoms with van der Waals surface area (Å²) in [6, 6.07) is 5.90. The van der Waals surface area contributed by atoms with Crippen LogP contribution in [0.1, 0.15) is 25.8 Å². The summed E-state index contributed by atoms with van der Waals surface area (Å²) in [7, 11) is 0. The van der Waals surface area contributed by atoms with Gasteiger partial charge in [0.2, 0.25) is 0 Å². The Hall–Kier alpha value is -1.42. The maximum Gasteiger partial charge on any atom is 0.188 e. The first-order valence-electron chi connectivity index (χ1n) is 6.44. The van der Waals surface area contributed by atoms with Gasteiger partial charge in [-0.1, -0.05) is 11.6 Å². The molecular formula is C14H22ClN3O. The number of guanidine groups is 1. The minimum absolute atomic E-state index is 0.303. The van der Waals surface area contributed by atoms with Crippen molar-refractivity contribution >= 4 is 17.6 Å². The Bertz CT molecular complexity index is 433. The maximum absolute atomic E-state index is 5.88. The summed E-state index contributed by atoms with van der Waals surface area (Å²) in [6.07, 6.45) is 0.822. The zero-order valence-corrected chi connectivity index (χ0v) is 12.5. The lowest BCUT2D eigenvalue weighted by Crippen LogP contribution is -2.36. The van der Waals surface area contributed by atoms with E-state index in [4.69, 9.17) is 22.1 Å². The number of halogens is 1. The molecule has 4 nitrogen and oxygen atoms in total. The topological polar surface area (TPSA) is 59.6 Å². The lowest BCUT2D eigenvalue weighted by molar-refractivity contribution is 0.311. The van der Waals surface area contributed by atoms with Crippen LogP contribution in [0.4, 0.5) is 0 Å². The Kier molecular flexibility index (Phi) is 6.50. The molecule has 3 N–H and O–H groups in total. The van der Waals surface area contributed by atoms with E-state index in [1.54, 1.807) is 0 Å². The van der Waals surface area contributed by atoms with Crippen molar-refractivity contribution in [3.8, 4) is 5.75 Å². The Morgan fingerprint density at radius 1 is 1.47 bits per heavy atom. The average molecular weight is 284 g/mol. The molecule has 0 aliphatic heterocycles. The number of nitrogens with one attached hydrogen (secondary N) is 1. The molecule has 1 aromatic rings. The molecule has 0 unspecified atom stereocenters. The molecule has 0 amide bonds. The predicted molar refractivity (Wildman–Crippen MR) is 81.1 cm³/mol. The molecule has 0 aromatic heterocycles. The van der Waals surface area contributed by atoms with Gasteiger partial charge in [-0.25, -0.2) is 0 Å². The summed E-state index contributed by atoms with van der Waals surface area (Å²) in [6.45, 7) is 7.28. The number of aliphatic imine (C=N–C) groups is 1. The molecule has 1 aromatic carbocycles. The van der Waals surface area contributed by atoms with Crippen LogP contribution in [0.3, 0.4) is 0 Å². The van der Waals surface area contributed by atoms with Crippen molar-refractivity contribution in [2.75, 3.05) is 13.2 Å². The second-order valence-electron chi connectivity index (χ2n) is 4.68. The summed E-state index contributed by atoms with van der Waals surface area (Å²) in [5.41, 5.74) is 6.73. The zero-order valence-electron chi connectivity index (χ0n) is 11.7. The minimum atomic E-state index is 0.303. The number of rotatable bonds is 6. The quantitative estimate of drug-likeness (QED) is 0.479. The monoisotopic (exact) mass is 283 g/mol. The highest BCUT2D eigenvalue weighted by molar-refractivity contribution is 6.30. The summed E-state index contributed by atoms with van der Waals surface area (Å²) in [4.78, 5) is 4.21. The van der Waals surface area contributed by atoms with Crippen molar-refractivity contribution in [3.63, 3.8) is 0 Å². The Morgan fingerprint density at radius 2 is 2.21 bits per heavy atom. The van der Waals surface area contributed by atoms with Crippen molar-refractivity contribution in [1.29, 1.82) is 0 Å². The first-order valence-corrected chi connectivity index (χ1v) is 6.82. The van der Waals surface area contributed by atoms with Gasteiger partial charge in [-0.2, -0.15) is 0 Å². The molecule has 106 valence electrons. The van der Waals surface area contributed by atoms with Crippen LogP contribution >= 0.6 is 11.6 Å². The van der Waals surface area contributed by atoms with Crippen molar-refractivity contribution < 1.29 is 4.74 Å². The van der Waals surface area contributed by atoms with E-state index in [1.165, 1.54) is 0 Å². The lowest BCUT2D eigenvalue weighted by atomic mass is 10.2. The highest BCUT2D eigenvalue weighted by Gasteiger charge is 2.00. The minimum Gasteiger partial charge on any atom is -0.493 e. The summed E-state index contributed by atoms with van der Waals surface area (Å²) in [5.74, 6) is 1.35. The first kappa shape index (κ1) is 15.6. The molecule has 0 atom stereocenters. The van der Waals surface area contributed by atoms with Crippen LogP contribution in [-0.4, -0.2) is 25.2 Å². The van der Waals surface area contributed by atoms with Crippen molar-refractivity contribution in [3.05, 3.63) is 28.8 Å². The van der Waals surface area contributed by atoms with Gasteiger partial charge in [-0.05, 0) is 44.5 Å². The molecule has 1 rings (SSSR count). The van der Waals surface area contributed by atoms with Gasteiger partial charge in [0.25, 0.3) is 0 Å². The van der Waals surface area contributed by atoms with Gasteiger partial charge in [-0.3, -0.25) is 4.99 Å². The van der Waals surface area contributed by atoms with E-state index in [-0.39, 0.29) is 0 Å². The molecule has 0 bridgehead atoms. The third-order valence-corrected chi connectivity index (χ3v) is 2.65. The number of ether oxygens (including phenoxy) is 1. The van der Waals surface area contributed by atoms with E-state index in [9.17, 15) is 0 Å². The van der Waals surface area contributed by atoms with Gasteiger partial charge < -0.3 is 15.8 Å². The van der Waals surface area contributed by atoms with Crippen LogP contribution in [0.15, 0.2) is 23.2 Å². The largest absolute Gasteiger partial charge is 0.493 e. The Labute approximate surface area is 120 Å². The second kappa shape index (κ2) is 7.89. The summed E-state index contributed by atoms with van der Waals surface area (Å²) < 4.78 is 5.67. The molecule has 0 aliphatic rings. The standard InChI is InChI=1S/C14H22ClN3O/c1-10(2)18-14(16)17-7-4-8-19-13-6-5-12(15)9-11(13)3/h5-6,9-10H,4,7-8H2,1-3H3,(H3,16,17,18). The van der Waals surface area contributed by atoms with E-state index in [1.807, 2.05) is 39.0 Å². The number of hydrogen-bond donors (Lipinski definition) is 2. The maximum atomic E-state index is 5.88. The molecule has 0 spiro atoms. The van der Waals surface area contributed by atoms with Crippen LogP contribution in [0.5, 0.6) is 5.75 Å². The van der Waals surface area contributed by atoms with Gasteiger partial charge in [0, 0.05) is 24.0 Å². The third kappa shape index (κ3) is 6.34. The Balaban J connectivity index is 2.27. The van der Waals surface area contributed by atoms with Crippen molar-refractivity contribution in [2.45, 2.75) is 33.2 Å². The van der Waals surface area contributed by atoms with E-state index in [0.29, 0.717) is 25.2 Å². The van der Waals surface area contributed by atoms with Crippen molar-refractivity contribution in [1.82, 2.24) is 5.32 Å². The molecule has 0 radical (unpaired) electrons. The van der Waals surface area contributed by atoms with Gasteiger partial charge >= 0.3 is 0 Å². The van der Waals surface area contributed by atoms with Crippen LogP contribution in [0.25, 0.3) is 0 Å². The molecule has 0 saturated carbocycles. The van der Waals surface area contributed by atoms with Crippen LogP contribution < -0.4 is 15.8 Å². The predicted octanol–water partition coefficient (Wildman–Crippen LogP) is 2.73. The second-order valence-corrected chi connectivity index (χ2v) is 5.11. The van der Waals surface area contributed by atoms with E-state index < -0.39 is 0 Å². The summed E-state index contributed by atoms with van der Waals surface area (Å²) in [5, 5.41) is 3.76. The van der Waals surface area contributed by atoms with E-state index in [0.717, 1.165) is 22.8 Å². The molecule has 0 saturated heterocycles. The molecule has 0 heterocycles. The molecule has 5 heteroatoms. The molecule has 0 aliphatic carbocycles. The van der Waals surface area contributed by atoms with Crippen LogP contribution in [0, 0.1) is 6.92 Å². The lowest BCUT2D eigenvalue weighted by Gasteiger charge is -2.10. The number of hydrogen-bond acceptors (Lipinski definition) is 2. The van der Waals surface area contributed by atoms with Gasteiger partial charge in [0.15, 0.2) is 5.96 Å².